The zero-order valence-corrected chi connectivity index (χ0v) is 8.19. The molecule has 0 aliphatic carbocycles. The average molecular weight is 215 g/mol. The predicted octanol–water partition coefficient (Wildman–Crippen LogP) is 1.67. The van der Waals surface area contributed by atoms with Gasteiger partial charge in [0.1, 0.15) is 0 Å². The van der Waals surface area contributed by atoms with Crippen LogP contribution in [-0.4, -0.2) is 15.1 Å². The van der Waals surface area contributed by atoms with Crippen molar-refractivity contribution in [3.63, 3.8) is 0 Å². The van der Waals surface area contributed by atoms with Crippen molar-refractivity contribution in [2.24, 2.45) is 0 Å². The Labute approximate surface area is 84.9 Å². The molecule has 0 amide bonds. The fraction of sp³-hybridized carbons (Fsp3) is 0.333. The molecule has 15 heavy (non-hydrogen) atoms. The second-order valence-corrected chi connectivity index (χ2v) is 3.64. The van der Waals surface area contributed by atoms with E-state index in [0.29, 0.717) is 6.07 Å². The number of nitro groups is 1. The van der Waals surface area contributed by atoms with Crippen molar-refractivity contribution in [1.82, 2.24) is 0 Å². The summed E-state index contributed by atoms with van der Waals surface area (Å²) in [4.78, 5) is 9.63. The zero-order chi connectivity index (χ0) is 11.8. The minimum Gasteiger partial charge on any atom is -0.505 e. The van der Waals surface area contributed by atoms with Gasteiger partial charge in [-0.3, -0.25) is 10.1 Å². The Hall–Kier alpha value is -1.69. The first kappa shape index (κ1) is 11.4. The molecule has 0 aliphatic heterocycles. The van der Waals surface area contributed by atoms with E-state index in [9.17, 15) is 24.7 Å². The molecule has 2 N–H and O–H groups in total. The van der Waals surface area contributed by atoms with Gasteiger partial charge >= 0.3 is 0 Å². The van der Waals surface area contributed by atoms with Crippen LogP contribution in [0.1, 0.15) is 19.4 Å². The third-order valence-electron chi connectivity index (χ3n) is 1.92. The van der Waals surface area contributed by atoms with Gasteiger partial charge in [0.15, 0.2) is 11.6 Å². The SMILES string of the molecule is CC(C)(O)c1cc([N+](=O)[O-])cc(F)c1O. The maximum absolute atomic E-state index is 13.1. The van der Waals surface area contributed by atoms with E-state index in [1.54, 1.807) is 0 Å². The summed E-state index contributed by atoms with van der Waals surface area (Å²) in [6, 6.07) is 1.54. The van der Waals surface area contributed by atoms with Crippen LogP contribution in [0.25, 0.3) is 0 Å². The number of nitrogens with zero attached hydrogens (tertiary/aromatic N) is 1. The molecule has 1 rings (SSSR count). The normalized spacial score (nSPS) is 11.5. The highest BCUT2D eigenvalue weighted by molar-refractivity contribution is 5.46. The van der Waals surface area contributed by atoms with Gasteiger partial charge in [-0.05, 0) is 13.8 Å². The number of phenolic OH excluding ortho intramolecular Hbond substituents is 1. The summed E-state index contributed by atoms with van der Waals surface area (Å²) in [7, 11) is 0. The second-order valence-electron chi connectivity index (χ2n) is 3.64. The fourth-order valence-corrected chi connectivity index (χ4v) is 1.16. The lowest BCUT2D eigenvalue weighted by Crippen LogP contribution is -2.16. The topological polar surface area (TPSA) is 83.6 Å². The number of rotatable bonds is 2. The van der Waals surface area contributed by atoms with E-state index in [1.807, 2.05) is 0 Å². The van der Waals surface area contributed by atoms with Gasteiger partial charge in [-0.15, -0.1) is 0 Å². The van der Waals surface area contributed by atoms with Crippen LogP contribution in [0.3, 0.4) is 0 Å². The molecule has 1 aromatic rings. The Morgan fingerprint density at radius 1 is 1.47 bits per heavy atom. The number of phenols is 1. The van der Waals surface area contributed by atoms with Crippen LogP contribution < -0.4 is 0 Å². The van der Waals surface area contributed by atoms with Gasteiger partial charge in [-0.1, -0.05) is 0 Å². The number of aromatic hydroxyl groups is 1. The molecule has 0 bridgehead atoms. The minimum atomic E-state index is -1.54. The lowest BCUT2D eigenvalue weighted by Gasteiger charge is -2.18. The number of aliphatic hydroxyl groups is 1. The van der Waals surface area contributed by atoms with Crippen LogP contribution in [0.2, 0.25) is 0 Å². The maximum Gasteiger partial charge on any atom is 0.273 e. The fourth-order valence-electron chi connectivity index (χ4n) is 1.16. The summed E-state index contributed by atoms with van der Waals surface area (Å²) in [6.45, 7) is 2.59. The first-order valence-electron chi connectivity index (χ1n) is 4.13. The van der Waals surface area contributed by atoms with Crippen LogP contribution in [0.4, 0.5) is 10.1 Å². The first-order valence-corrected chi connectivity index (χ1v) is 4.13. The highest BCUT2D eigenvalue weighted by Crippen LogP contribution is 2.34. The Balaban J connectivity index is 3.45. The van der Waals surface area contributed by atoms with Gasteiger partial charge in [0.25, 0.3) is 5.69 Å². The molecular weight excluding hydrogens is 205 g/mol. The molecule has 0 saturated heterocycles. The monoisotopic (exact) mass is 215 g/mol. The third kappa shape index (κ3) is 2.21. The van der Waals surface area contributed by atoms with Crippen molar-refractivity contribution in [2.75, 3.05) is 0 Å². The van der Waals surface area contributed by atoms with E-state index < -0.39 is 27.8 Å². The number of nitro benzene ring substituents is 1. The van der Waals surface area contributed by atoms with Gasteiger partial charge in [0.05, 0.1) is 16.6 Å². The molecule has 0 fully saturated rings. The Morgan fingerprint density at radius 3 is 2.40 bits per heavy atom. The second kappa shape index (κ2) is 3.47. The van der Waals surface area contributed by atoms with Crippen LogP contribution in [0.5, 0.6) is 5.75 Å². The number of hydrogen-bond acceptors (Lipinski definition) is 4. The van der Waals surface area contributed by atoms with E-state index in [4.69, 9.17) is 0 Å². The molecule has 5 nitrogen and oxygen atoms in total. The van der Waals surface area contributed by atoms with E-state index in [0.717, 1.165) is 6.07 Å². The van der Waals surface area contributed by atoms with Gasteiger partial charge in [-0.25, -0.2) is 4.39 Å². The Morgan fingerprint density at radius 2 is 2.00 bits per heavy atom. The van der Waals surface area contributed by atoms with Gasteiger partial charge in [0, 0.05) is 11.6 Å². The molecule has 82 valence electrons. The van der Waals surface area contributed by atoms with Crippen LogP contribution >= 0.6 is 0 Å². The average Bonchev–Trinajstić information content (AvgIpc) is 2.06. The summed E-state index contributed by atoms with van der Waals surface area (Å²) in [5, 5.41) is 29.3. The quantitative estimate of drug-likeness (QED) is 0.580. The predicted molar refractivity (Wildman–Crippen MR) is 50.0 cm³/mol. The maximum atomic E-state index is 13.1. The highest BCUT2D eigenvalue weighted by Gasteiger charge is 2.26. The molecule has 6 heteroatoms. The zero-order valence-electron chi connectivity index (χ0n) is 8.19. The van der Waals surface area contributed by atoms with Gasteiger partial charge in [-0.2, -0.15) is 0 Å². The Kier molecular flexibility index (Phi) is 2.63. The number of non-ortho nitro benzene ring substituents is 1. The Bertz CT molecular complexity index is 411. The van der Waals surface area contributed by atoms with Crippen molar-refractivity contribution in [3.8, 4) is 5.75 Å². The van der Waals surface area contributed by atoms with Crippen molar-refractivity contribution < 1.29 is 19.5 Å². The summed E-state index contributed by atoms with van der Waals surface area (Å²) in [6.07, 6.45) is 0. The van der Waals surface area contributed by atoms with E-state index in [-0.39, 0.29) is 5.56 Å². The third-order valence-corrected chi connectivity index (χ3v) is 1.92. The standard InChI is InChI=1S/C9H10FNO4/c1-9(2,13)6-3-5(11(14)15)4-7(10)8(6)12/h3-4,12-13H,1-2H3. The molecule has 0 unspecified atom stereocenters. The van der Waals surface area contributed by atoms with Crippen molar-refractivity contribution >= 4 is 5.69 Å². The van der Waals surface area contributed by atoms with E-state index in [2.05, 4.69) is 0 Å². The molecule has 0 heterocycles. The number of hydrogen-bond donors (Lipinski definition) is 2. The summed E-state index contributed by atoms with van der Waals surface area (Å²) in [5.41, 5.74) is -2.27. The van der Waals surface area contributed by atoms with Crippen molar-refractivity contribution in [2.45, 2.75) is 19.4 Å². The van der Waals surface area contributed by atoms with Crippen molar-refractivity contribution in [3.05, 3.63) is 33.6 Å². The number of benzene rings is 1. The van der Waals surface area contributed by atoms with E-state index in [1.165, 1.54) is 13.8 Å². The first-order chi connectivity index (χ1) is 6.73. The molecule has 0 aromatic heterocycles. The lowest BCUT2D eigenvalue weighted by molar-refractivity contribution is -0.385. The molecule has 0 atom stereocenters. The molecule has 0 aliphatic rings. The van der Waals surface area contributed by atoms with Crippen LogP contribution in [0, 0.1) is 15.9 Å². The van der Waals surface area contributed by atoms with Crippen LogP contribution in [-0.2, 0) is 5.60 Å². The lowest BCUT2D eigenvalue weighted by atomic mass is 9.96. The van der Waals surface area contributed by atoms with Crippen LogP contribution in [0.15, 0.2) is 12.1 Å². The summed E-state index contributed by atoms with van der Waals surface area (Å²) in [5.74, 6) is -1.89. The highest BCUT2D eigenvalue weighted by atomic mass is 19.1. The van der Waals surface area contributed by atoms with Gasteiger partial charge < -0.3 is 10.2 Å². The van der Waals surface area contributed by atoms with Gasteiger partial charge in [0.2, 0.25) is 0 Å². The largest absolute Gasteiger partial charge is 0.505 e. The molecule has 0 radical (unpaired) electrons. The minimum absolute atomic E-state index is 0.214. The summed E-state index contributed by atoms with van der Waals surface area (Å²) < 4.78 is 13.1. The van der Waals surface area contributed by atoms with Crippen molar-refractivity contribution in [1.29, 1.82) is 0 Å². The van der Waals surface area contributed by atoms with E-state index >= 15 is 0 Å². The molecule has 1 aromatic carbocycles. The summed E-state index contributed by atoms with van der Waals surface area (Å²) >= 11 is 0. The molecular formula is C9H10FNO4. The smallest absolute Gasteiger partial charge is 0.273 e. The number of halogens is 1. The molecule has 0 saturated carbocycles. The molecule has 0 spiro atoms.